The average molecular weight is 305 g/mol. The van der Waals surface area contributed by atoms with E-state index in [2.05, 4.69) is 16.1 Å². The summed E-state index contributed by atoms with van der Waals surface area (Å²) in [5.74, 6) is 1.24. The molecule has 2 heterocycles. The number of nitrogens with one attached hydrogen (secondary N) is 1. The molecule has 1 aliphatic rings. The molecule has 0 unspecified atom stereocenters. The Balaban J connectivity index is 1.68. The summed E-state index contributed by atoms with van der Waals surface area (Å²) in [4.78, 5) is 17.7. The molecule has 0 saturated carbocycles. The van der Waals surface area contributed by atoms with Gasteiger partial charge in [0.1, 0.15) is 0 Å². The molecular formula is C16H23N3OS. The molecule has 1 fully saturated rings. The lowest BCUT2D eigenvalue weighted by atomic mass is 10.0. The summed E-state index contributed by atoms with van der Waals surface area (Å²) >= 11 is 1.92. The number of thioether (sulfide) groups is 1. The molecule has 1 saturated heterocycles. The minimum absolute atomic E-state index is 0.0389. The lowest BCUT2D eigenvalue weighted by molar-refractivity contribution is 0.187. The van der Waals surface area contributed by atoms with Gasteiger partial charge in [-0.1, -0.05) is 12.1 Å². The molecule has 0 amide bonds. The summed E-state index contributed by atoms with van der Waals surface area (Å²) in [5.41, 5.74) is 2.03. The molecule has 2 aromatic rings. The molecule has 0 atom stereocenters. The predicted molar refractivity (Wildman–Crippen MR) is 90.3 cm³/mol. The Hall–Kier alpha value is -1.20. The maximum atomic E-state index is 12.2. The number of rotatable bonds is 5. The first-order valence-corrected chi connectivity index (χ1v) is 9.09. The van der Waals surface area contributed by atoms with Crippen molar-refractivity contribution in [2.75, 3.05) is 31.6 Å². The Morgan fingerprint density at radius 1 is 1.29 bits per heavy atom. The first-order valence-electron chi connectivity index (χ1n) is 7.70. The van der Waals surface area contributed by atoms with Crippen LogP contribution in [0.4, 0.5) is 0 Å². The maximum absolute atomic E-state index is 12.2. The van der Waals surface area contributed by atoms with E-state index in [1.807, 2.05) is 40.6 Å². The first-order chi connectivity index (χ1) is 10.3. The number of hydrogen-bond acceptors (Lipinski definition) is 3. The fourth-order valence-electron chi connectivity index (χ4n) is 3.27. The highest BCUT2D eigenvalue weighted by Crippen LogP contribution is 2.24. The van der Waals surface area contributed by atoms with Crippen molar-refractivity contribution >= 4 is 22.8 Å². The largest absolute Gasteiger partial charge is 0.326 e. The summed E-state index contributed by atoms with van der Waals surface area (Å²) in [6, 6.07) is 8.33. The predicted octanol–water partition coefficient (Wildman–Crippen LogP) is 2.72. The van der Waals surface area contributed by atoms with E-state index in [1.165, 1.54) is 18.7 Å². The highest BCUT2D eigenvalue weighted by Gasteiger charge is 2.23. The van der Waals surface area contributed by atoms with Crippen LogP contribution in [0.1, 0.15) is 25.3 Å². The van der Waals surface area contributed by atoms with Crippen LogP contribution in [-0.4, -0.2) is 46.1 Å². The summed E-state index contributed by atoms with van der Waals surface area (Å²) in [5, 5.41) is 0. The van der Waals surface area contributed by atoms with Crippen LogP contribution in [0.15, 0.2) is 29.1 Å². The van der Waals surface area contributed by atoms with E-state index in [-0.39, 0.29) is 5.69 Å². The average Bonchev–Trinajstić information content (AvgIpc) is 2.84. The van der Waals surface area contributed by atoms with Crippen molar-refractivity contribution in [3.05, 3.63) is 34.7 Å². The van der Waals surface area contributed by atoms with Crippen molar-refractivity contribution in [3.8, 4) is 0 Å². The number of fused-ring (bicyclic) bond motifs is 1. The standard InChI is InChI=1S/C16H23N3OS/c1-21-12-4-9-18-10-7-13(8-11-18)19-15-6-3-2-5-14(15)17-16(19)20/h2-3,5-6,13H,4,7-12H2,1H3,(H,17,20). The third kappa shape index (κ3) is 3.19. The molecule has 0 bridgehead atoms. The van der Waals surface area contributed by atoms with E-state index in [0.29, 0.717) is 6.04 Å². The zero-order valence-electron chi connectivity index (χ0n) is 12.5. The topological polar surface area (TPSA) is 41.0 Å². The van der Waals surface area contributed by atoms with Crippen LogP contribution >= 0.6 is 11.8 Å². The number of piperidine rings is 1. The van der Waals surface area contributed by atoms with Crippen LogP contribution in [0.25, 0.3) is 11.0 Å². The number of H-pyrrole nitrogens is 1. The zero-order valence-corrected chi connectivity index (χ0v) is 13.4. The van der Waals surface area contributed by atoms with Crippen molar-refractivity contribution in [2.24, 2.45) is 0 Å². The molecule has 114 valence electrons. The van der Waals surface area contributed by atoms with Crippen molar-refractivity contribution in [2.45, 2.75) is 25.3 Å². The number of para-hydroxylation sites is 2. The molecule has 21 heavy (non-hydrogen) atoms. The van der Waals surface area contributed by atoms with Crippen LogP contribution in [0.3, 0.4) is 0 Å². The molecule has 0 radical (unpaired) electrons. The summed E-state index contributed by atoms with van der Waals surface area (Å²) in [7, 11) is 0. The van der Waals surface area contributed by atoms with Gasteiger partial charge in [-0.3, -0.25) is 4.57 Å². The minimum Gasteiger partial charge on any atom is -0.306 e. The van der Waals surface area contributed by atoms with E-state index in [0.717, 1.165) is 37.0 Å². The van der Waals surface area contributed by atoms with E-state index in [9.17, 15) is 4.79 Å². The Morgan fingerprint density at radius 3 is 2.81 bits per heavy atom. The highest BCUT2D eigenvalue weighted by atomic mass is 32.2. The Bertz CT molecular complexity index is 640. The van der Waals surface area contributed by atoms with Gasteiger partial charge in [0, 0.05) is 19.1 Å². The quantitative estimate of drug-likeness (QED) is 0.864. The van der Waals surface area contributed by atoms with Crippen LogP contribution in [-0.2, 0) is 0 Å². The van der Waals surface area contributed by atoms with Crippen LogP contribution in [0.5, 0.6) is 0 Å². The number of aromatic nitrogens is 2. The molecule has 0 spiro atoms. The van der Waals surface area contributed by atoms with Gasteiger partial charge in [0.2, 0.25) is 0 Å². The van der Waals surface area contributed by atoms with Gasteiger partial charge in [-0.25, -0.2) is 4.79 Å². The van der Waals surface area contributed by atoms with Gasteiger partial charge < -0.3 is 9.88 Å². The minimum atomic E-state index is 0.0389. The molecular weight excluding hydrogens is 282 g/mol. The van der Waals surface area contributed by atoms with Gasteiger partial charge in [-0.15, -0.1) is 0 Å². The van der Waals surface area contributed by atoms with Crippen LogP contribution in [0, 0.1) is 0 Å². The molecule has 1 aliphatic heterocycles. The second-order valence-electron chi connectivity index (χ2n) is 5.74. The van der Waals surface area contributed by atoms with Gasteiger partial charge in [0.25, 0.3) is 0 Å². The lowest BCUT2D eigenvalue weighted by Crippen LogP contribution is -2.37. The van der Waals surface area contributed by atoms with Crippen molar-refractivity contribution in [1.29, 1.82) is 0 Å². The summed E-state index contributed by atoms with van der Waals surface area (Å²) in [6.45, 7) is 3.40. The number of hydrogen-bond donors (Lipinski definition) is 1. The second-order valence-corrected chi connectivity index (χ2v) is 6.72. The van der Waals surface area contributed by atoms with E-state index < -0.39 is 0 Å². The number of likely N-dealkylation sites (tertiary alicyclic amines) is 1. The molecule has 1 N–H and O–H groups in total. The Morgan fingerprint density at radius 2 is 2.05 bits per heavy atom. The van der Waals surface area contributed by atoms with Gasteiger partial charge in [0.05, 0.1) is 11.0 Å². The van der Waals surface area contributed by atoms with Crippen LogP contribution < -0.4 is 5.69 Å². The first kappa shape index (κ1) is 14.7. The lowest BCUT2D eigenvalue weighted by Gasteiger charge is -2.32. The third-order valence-electron chi connectivity index (χ3n) is 4.37. The molecule has 5 heteroatoms. The van der Waals surface area contributed by atoms with E-state index in [4.69, 9.17) is 0 Å². The fraction of sp³-hybridized carbons (Fsp3) is 0.562. The number of imidazole rings is 1. The molecule has 3 rings (SSSR count). The van der Waals surface area contributed by atoms with Crippen molar-refractivity contribution in [3.63, 3.8) is 0 Å². The second kappa shape index (κ2) is 6.71. The van der Waals surface area contributed by atoms with Gasteiger partial charge in [-0.2, -0.15) is 11.8 Å². The maximum Gasteiger partial charge on any atom is 0.326 e. The molecule has 4 nitrogen and oxygen atoms in total. The SMILES string of the molecule is CSCCCN1CCC(n2c(=O)[nH]c3ccccc32)CC1. The normalized spacial score (nSPS) is 17.6. The van der Waals surface area contributed by atoms with Gasteiger partial charge in [-0.05, 0) is 49.9 Å². The van der Waals surface area contributed by atoms with E-state index in [1.54, 1.807) is 0 Å². The van der Waals surface area contributed by atoms with Gasteiger partial charge in [0.15, 0.2) is 0 Å². The zero-order chi connectivity index (χ0) is 14.7. The number of aromatic amines is 1. The third-order valence-corrected chi connectivity index (χ3v) is 5.07. The Kier molecular flexibility index (Phi) is 4.70. The molecule has 1 aromatic heterocycles. The number of nitrogens with zero attached hydrogens (tertiary/aromatic N) is 2. The summed E-state index contributed by atoms with van der Waals surface area (Å²) < 4.78 is 1.97. The fourth-order valence-corrected chi connectivity index (χ4v) is 3.69. The molecule has 0 aliphatic carbocycles. The van der Waals surface area contributed by atoms with Crippen LogP contribution in [0.2, 0.25) is 0 Å². The van der Waals surface area contributed by atoms with Crippen molar-refractivity contribution < 1.29 is 0 Å². The monoisotopic (exact) mass is 305 g/mol. The van der Waals surface area contributed by atoms with Gasteiger partial charge >= 0.3 is 5.69 Å². The van der Waals surface area contributed by atoms with Crippen molar-refractivity contribution in [1.82, 2.24) is 14.5 Å². The smallest absolute Gasteiger partial charge is 0.306 e. The Labute approximate surface area is 129 Å². The summed E-state index contributed by atoms with van der Waals surface area (Å²) in [6.07, 6.45) is 5.57. The molecule has 1 aromatic carbocycles. The highest BCUT2D eigenvalue weighted by molar-refractivity contribution is 7.98. The number of benzene rings is 1. The van der Waals surface area contributed by atoms with E-state index >= 15 is 0 Å².